The predicted molar refractivity (Wildman–Crippen MR) is 103 cm³/mol. The number of rotatable bonds is 7. The Morgan fingerprint density at radius 3 is 2.28 bits per heavy atom. The molecule has 0 saturated heterocycles. The van der Waals surface area contributed by atoms with Crippen molar-refractivity contribution in [2.45, 2.75) is 0 Å². The number of hydrogen-bond acceptors (Lipinski definition) is 8. The van der Waals surface area contributed by atoms with Crippen LogP contribution in [0.4, 0.5) is 0 Å². The van der Waals surface area contributed by atoms with E-state index in [-0.39, 0.29) is 18.1 Å². The van der Waals surface area contributed by atoms with Gasteiger partial charge in [-0.1, -0.05) is 0 Å². The molecular formula is C21H20O8. The highest BCUT2D eigenvalue weighted by atomic mass is 16.6. The lowest BCUT2D eigenvalue weighted by Crippen LogP contribution is -2.12. The molecule has 29 heavy (non-hydrogen) atoms. The second-order valence-electron chi connectivity index (χ2n) is 5.92. The van der Waals surface area contributed by atoms with Crippen molar-refractivity contribution in [3.63, 3.8) is 0 Å². The summed E-state index contributed by atoms with van der Waals surface area (Å²) in [5, 5.41) is 0. The fourth-order valence-corrected chi connectivity index (χ4v) is 2.79. The van der Waals surface area contributed by atoms with E-state index < -0.39 is 5.97 Å². The van der Waals surface area contributed by atoms with Crippen LogP contribution in [0.1, 0.15) is 15.9 Å². The average Bonchev–Trinajstić information content (AvgIpc) is 3.05. The van der Waals surface area contributed by atoms with E-state index in [4.69, 9.17) is 23.7 Å². The molecule has 1 heterocycles. The zero-order valence-electron chi connectivity index (χ0n) is 16.4. The highest BCUT2D eigenvalue weighted by molar-refractivity contribution is 6.14. The quantitative estimate of drug-likeness (QED) is 0.518. The van der Waals surface area contributed by atoms with E-state index in [9.17, 15) is 9.59 Å². The lowest BCUT2D eigenvalue weighted by atomic mass is 10.1. The fourth-order valence-electron chi connectivity index (χ4n) is 2.79. The molecule has 152 valence electrons. The minimum absolute atomic E-state index is 0.138. The van der Waals surface area contributed by atoms with Crippen molar-refractivity contribution in [2.75, 3.05) is 35.0 Å². The minimum Gasteiger partial charge on any atom is -0.493 e. The first-order valence-electron chi connectivity index (χ1n) is 8.58. The highest BCUT2D eigenvalue weighted by Gasteiger charge is 2.28. The molecule has 2 aromatic carbocycles. The predicted octanol–water partition coefficient (Wildman–Crippen LogP) is 2.88. The van der Waals surface area contributed by atoms with E-state index in [1.54, 1.807) is 36.4 Å². The average molecular weight is 400 g/mol. The number of fused-ring (bicyclic) bond motifs is 1. The van der Waals surface area contributed by atoms with Gasteiger partial charge in [-0.3, -0.25) is 4.79 Å². The summed E-state index contributed by atoms with van der Waals surface area (Å²) in [4.78, 5) is 23.9. The van der Waals surface area contributed by atoms with E-state index in [1.807, 2.05) is 0 Å². The number of carbonyl (C=O) groups is 2. The van der Waals surface area contributed by atoms with Crippen LogP contribution in [-0.2, 0) is 9.53 Å². The minimum atomic E-state index is -0.509. The monoisotopic (exact) mass is 400 g/mol. The summed E-state index contributed by atoms with van der Waals surface area (Å²) in [5.41, 5.74) is 1.03. The van der Waals surface area contributed by atoms with Crippen molar-refractivity contribution in [1.82, 2.24) is 0 Å². The summed E-state index contributed by atoms with van der Waals surface area (Å²) in [5.74, 6) is 1.46. The number of ether oxygens (including phenoxy) is 6. The van der Waals surface area contributed by atoms with Gasteiger partial charge in [0, 0.05) is 6.07 Å². The van der Waals surface area contributed by atoms with Gasteiger partial charge in [-0.2, -0.15) is 0 Å². The largest absolute Gasteiger partial charge is 0.493 e. The van der Waals surface area contributed by atoms with Crippen molar-refractivity contribution in [1.29, 1.82) is 0 Å². The van der Waals surface area contributed by atoms with Crippen LogP contribution in [-0.4, -0.2) is 46.8 Å². The molecule has 0 aliphatic carbocycles. The van der Waals surface area contributed by atoms with Crippen molar-refractivity contribution in [3.8, 4) is 28.7 Å². The highest BCUT2D eigenvalue weighted by Crippen LogP contribution is 2.40. The molecule has 2 aromatic rings. The number of esters is 1. The molecule has 0 unspecified atom stereocenters. The molecule has 0 radical (unpaired) electrons. The summed E-state index contributed by atoms with van der Waals surface area (Å²) in [6, 6.07) is 8.13. The Balaban J connectivity index is 1.88. The third kappa shape index (κ3) is 4.11. The first-order valence-corrected chi connectivity index (χ1v) is 8.58. The van der Waals surface area contributed by atoms with Crippen LogP contribution >= 0.6 is 0 Å². The van der Waals surface area contributed by atoms with Gasteiger partial charge in [0.25, 0.3) is 0 Å². The lowest BCUT2D eigenvalue weighted by Gasteiger charge is -2.13. The summed E-state index contributed by atoms with van der Waals surface area (Å²) >= 11 is 0. The summed E-state index contributed by atoms with van der Waals surface area (Å²) in [6.07, 6.45) is 1.59. The summed E-state index contributed by atoms with van der Waals surface area (Å²) in [6.45, 7) is -0.239. The van der Waals surface area contributed by atoms with Gasteiger partial charge in [0.15, 0.2) is 23.9 Å². The molecule has 0 saturated carbocycles. The third-order valence-electron chi connectivity index (χ3n) is 4.21. The Kier molecular flexibility index (Phi) is 5.92. The van der Waals surface area contributed by atoms with Gasteiger partial charge < -0.3 is 28.4 Å². The molecule has 0 bridgehead atoms. The second-order valence-corrected chi connectivity index (χ2v) is 5.92. The van der Waals surface area contributed by atoms with E-state index >= 15 is 0 Å². The topological polar surface area (TPSA) is 89.5 Å². The van der Waals surface area contributed by atoms with Crippen LogP contribution in [0.25, 0.3) is 6.08 Å². The molecule has 1 aliphatic rings. The van der Waals surface area contributed by atoms with Crippen LogP contribution in [0.3, 0.4) is 0 Å². The lowest BCUT2D eigenvalue weighted by molar-refractivity contribution is -0.142. The maximum atomic E-state index is 12.7. The van der Waals surface area contributed by atoms with E-state index in [1.165, 1.54) is 28.4 Å². The zero-order chi connectivity index (χ0) is 21.0. The Labute approximate surface area is 167 Å². The number of allylic oxidation sites excluding steroid dienone is 1. The van der Waals surface area contributed by atoms with E-state index in [0.717, 1.165) is 0 Å². The second kappa shape index (κ2) is 8.55. The Bertz CT molecular complexity index is 952. The van der Waals surface area contributed by atoms with Crippen molar-refractivity contribution in [3.05, 3.63) is 47.2 Å². The van der Waals surface area contributed by atoms with Gasteiger partial charge in [0.2, 0.25) is 11.5 Å². The van der Waals surface area contributed by atoms with Crippen LogP contribution < -0.4 is 23.7 Å². The SMILES string of the molecule is COC(=O)COc1ccc2c(c1)O/C(=C/c1cc(OC)c(OC)c(OC)c1)C2=O. The van der Waals surface area contributed by atoms with Crippen LogP contribution in [0, 0.1) is 0 Å². The van der Waals surface area contributed by atoms with Crippen molar-refractivity contribution >= 4 is 17.8 Å². The van der Waals surface area contributed by atoms with Gasteiger partial charge in [-0.25, -0.2) is 4.79 Å². The van der Waals surface area contributed by atoms with Crippen LogP contribution in [0.5, 0.6) is 28.7 Å². The summed E-state index contributed by atoms with van der Waals surface area (Å²) < 4.78 is 31.5. The zero-order valence-corrected chi connectivity index (χ0v) is 16.4. The molecule has 1 aliphatic heterocycles. The molecule has 3 rings (SSSR count). The number of Topliss-reactive ketones (excluding diaryl/α,β-unsaturated/α-hetero) is 1. The van der Waals surface area contributed by atoms with Gasteiger partial charge in [-0.15, -0.1) is 0 Å². The molecule has 8 nitrogen and oxygen atoms in total. The van der Waals surface area contributed by atoms with E-state index in [2.05, 4.69) is 4.74 Å². The molecule has 8 heteroatoms. The maximum Gasteiger partial charge on any atom is 0.343 e. The van der Waals surface area contributed by atoms with Gasteiger partial charge >= 0.3 is 5.97 Å². The van der Waals surface area contributed by atoms with Gasteiger partial charge in [-0.05, 0) is 35.9 Å². The number of carbonyl (C=O) groups excluding carboxylic acids is 2. The number of benzene rings is 2. The first kappa shape index (κ1) is 20.1. The Morgan fingerprint density at radius 1 is 1.00 bits per heavy atom. The molecule has 0 atom stereocenters. The van der Waals surface area contributed by atoms with Crippen molar-refractivity contribution in [2.24, 2.45) is 0 Å². The maximum absolute atomic E-state index is 12.7. The fraction of sp³-hybridized carbons (Fsp3) is 0.238. The smallest absolute Gasteiger partial charge is 0.343 e. The standard InChI is InChI=1S/C21H20O8/c1-24-17-8-12(9-18(25-2)21(17)27-4)7-16-20(23)14-6-5-13(10-15(14)29-16)28-11-19(22)26-3/h5-10H,11H2,1-4H3/b16-7+. The van der Waals surface area contributed by atoms with Crippen molar-refractivity contribution < 1.29 is 38.0 Å². The van der Waals surface area contributed by atoms with Gasteiger partial charge in [0.05, 0.1) is 34.0 Å². The molecule has 0 N–H and O–H groups in total. The molecule has 0 amide bonds. The summed E-state index contributed by atoms with van der Waals surface area (Å²) in [7, 11) is 5.81. The van der Waals surface area contributed by atoms with Crippen LogP contribution in [0.2, 0.25) is 0 Å². The number of ketones is 1. The molecular weight excluding hydrogens is 380 g/mol. The third-order valence-corrected chi connectivity index (χ3v) is 4.21. The normalized spacial score (nSPS) is 13.5. The molecule has 0 aromatic heterocycles. The number of methoxy groups -OCH3 is 4. The van der Waals surface area contributed by atoms with Crippen LogP contribution in [0.15, 0.2) is 36.1 Å². The Morgan fingerprint density at radius 2 is 1.69 bits per heavy atom. The Hall–Kier alpha value is -3.68. The van der Waals surface area contributed by atoms with Gasteiger partial charge in [0.1, 0.15) is 11.5 Å². The first-order chi connectivity index (χ1) is 14.0. The van der Waals surface area contributed by atoms with E-state index in [0.29, 0.717) is 39.9 Å². The number of hydrogen-bond donors (Lipinski definition) is 0. The molecule has 0 fully saturated rings. The molecule has 0 spiro atoms.